The van der Waals surface area contributed by atoms with E-state index in [4.69, 9.17) is 9.84 Å². The Labute approximate surface area is 95.8 Å². The van der Waals surface area contributed by atoms with E-state index in [1.54, 1.807) is 0 Å². The molecule has 1 saturated carbocycles. The molecule has 1 heterocycles. The summed E-state index contributed by atoms with van der Waals surface area (Å²) in [4.78, 5) is 13.5. The molecular formula is C11H20N2O3. The van der Waals surface area contributed by atoms with E-state index in [1.807, 2.05) is 4.90 Å². The van der Waals surface area contributed by atoms with Crippen LogP contribution in [-0.2, 0) is 9.53 Å². The SMILES string of the molecule is O=C(CNCC1CC(O)C1)N1CCOCC1. The fourth-order valence-corrected chi connectivity index (χ4v) is 2.17. The van der Waals surface area contributed by atoms with Gasteiger partial charge in [0.2, 0.25) is 5.91 Å². The van der Waals surface area contributed by atoms with E-state index in [0.29, 0.717) is 38.8 Å². The lowest BCUT2D eigenvalue weighted by molar-refractivity contribution is -0.134. The van der Waals surface area contributed by atoms with Crippen LogP contribution in [0.5, 0.6) is 0 Å². The molecule has 0 atom stereocenters. The van der Waals surface area contributed by atoms with Gasteiger partial charge in [0.15, 0.2) is 0 Å². The quantitative estimate of drug-likeness (QED) is 0.662. The summed E-state index contributed by atoms with van der Waals surface area (Å²) in [5.41, 5.74) is 0. The highest BCUT2D eigenvalue weighted by atomic mass is 16.5. The minimum Gasteiger partial charge on any atom is -0.393 e. The molecule has 0 bridgehead atoms. The van der Waals surface area contributed by atoms with Crippen molar-refractivity contribution < 1.29 is 14.6 Å². The number of nitrogens with zero attached hydrogens (tertiary/aromatic N) is 1. The van der Waals surface area contributed by atoms with Crippen molar-refractivity contribution in [2.45, 2.75) is 18.9 Å². The number of hydrogen-bond donors (Lipinski definition) is 2. The molecule has 0 aromatic heterocycles. The molecule has 16 heavy (non-hydrogen) atoms. The number of carbonyl (C=O) groups is 1. The first-order valence-electron chi connectivity index (χ1n) is 6.00. The molecule has 1 aliphatic carbocycles. The summed E-state index contributed by atoms with van der Waals surface area (Å²) in [6.45, 7) is 3.98. The van der Waals surface area contributed by atoms with Gasteiger partial charge >= 0.3 is 0 Å². The lowest BCUT2D eigenvalue weighted by Gasteiger charge is -2.32. The Morgan fingerprint density at radius 3 is 2.69 bits per heavy atom. The molecule has 2 N–H and O–H groups in total. The van der Waals surface area contributed by atoms with Gasteiger partial charge in [0.25, 0.3) is 0 Å². The van der Waals surface area contributed by atoms with Gasteiger partial charge in [-0.05, 0) is 25.3 Å². The van der Waals surface area contributed by atoms with Crippen LogP contribution in [0.4, 0.5) is 0 Å². The van der Waals surface area contributed by atoms with Crippen molar-refractivity contribution in [3.8, 4) is 0 Å². The van der Waals surface area contributed by atoms with E-state index in [0.717, 1.165) is 19.4 Å². The van der Waals surface area contributed by atoms with Gasteiger partial charge in [-0.15, -0.1) is 0 Å². The number of rotatable bonds is 4. The fourth-order valence-electron chi connectivity index (χ4n) is 2.17. The van der Waals surface area contributed by atoms with Gasteiger partial charge in [-0.2, -0.15) is 0 Å². The van der Waals surface area contributed by atoms with Crippen LogP contribution in [0.15, 0.2) is 0 Å². The van der Waals surface area contributed by atoms with Crippen LogP contribution < -0.4 is 5.32 Å². The molecule has 5 heteroatoms. The highest BCUT2D eigenvalue weighted by Crippen LogP contribution is 2.25. The molecule has 92 valence electrons. The molecule has 1 amide bonds. The van der Waals surface area contributed by atoms with Gasteiger partial charge in [0, 0.05) is 13.1 Å². The van der Waals surface area contributed by atoms with E-state index in [9.17, 15) is 4.79 Å². The Bertz CT molecular complexity index is 235. The molecule has 1 aliphatic heterocycles. The summed E-state index contributed by atoms with van der Waals surface area (Å²) in [7, 11) is 0. The number of aliphatic hydroxyl groups excluding tert-OH is 1. The fraction of sp³-hybridized carbons (Fsp3) is 0.909. The smallest absolute Gasteiger partial charge is 0.236 e. The van der Waals surface area contributed by atoms with Crippen molar-refractivity contribution in [1.29, 1.82) is 0 Å². The average molecular weight is 228 g/mol. The Hall–Kier alpha value is -0.650. The van der Waals surface area contributed by atoms with E-state index >= 15 is 0 Å². The zero-order valence-corrected chi connectivity index (χ0v) is 9.52. The molecule has 0 aromatic carbocycles. The number of aliphatic hydroxyl groups is 1. The zero-order chi connectivity index (χ0) is 11.4. The molecule has 2 fully saturated rings. The first-order valence-corrected chi connectivity index (χ1v) is 6.00. The third kappa shape index (κ3) is 3.17. The van der Waals surface area contributed by atoms with E-state index < -0.39 is 0 Å². The number of carbonyl (C=O) groups excluding carboxylic acids is 1. The molecule has 0 spiro atoms. The number of ether oxygens (including phenoxy) is 1. The maximum atomic E-state index is 11.7. The zero-order valence-electron chi connectivity index (χ0n) is 9.52. The summed E-state index contributed by atoms with van der Waals surface area (Å²) in [5, 5.41) is 12.3. The molecular weight excluding hydrogens is 208 g/mol. The number of hydrogen-bond acceptors (Lipinski definition) is 4. The van der Waals surface area contributed by atoms with Gasteiger partial charge < -0.3 is 20.1 Å². The van der Waals surface area contributed by atoms with Crippen molar-refractivity contribution in [2.75, 3.05) is 39.4 Å². The number of amides is 1. The first kappa shape index (κ1) is 11.8. The lowest BCUT2D eigenvalue weighted by Crippen LogP contribution is -2.46. The molecule has 5 nitrogen and oxygen atoms in total. The third-order valence-corrected chi connectivity index (χ3v) is 3.28. The monoisotopic (exact) mass is 228 g/mol. The second-order valence-electron chi connectivity index (χ2n) is 4.62. The number of morpholine rings is 1. The van der Waals surface area contributed by atoms with Crippen LogP contribution in [-0.4, -0.2) is 61.4 Å². The predicted octanol–water partition coefficient (Wildman–Crippen LogP) is -0.794. The van der Waals surface area contributed by atoms with Crippen LogP contribution in [0.3, 0.4) is 0 Å². The topological polar surface area (TPSA) is 61.8 Å². The standard InChI is InChI=1S/C11H20N2O3/c14-10-5-9(6-10)7-12-8-11(15)13-1-3-16-4-2-13/h9-10,12,14H,1-8H2. The van der Waals surface area contributed by atoms with E-state index in [-0.39, 0.29) is 12.0 Å². The van der Waals surface area contributed by atoms with Gasteiger partial charge in [-0.3, -0.25) is 4.79 Å². The van der Waals surface area contributed by atoms with Gasteiger partial charge in [-0.25, -0.2) is 0 Å². The van der Waals surface area contributed by atoms with Gasteiger partial charge in [0.05, 0.1) is 25.9 Å². The molecule has 0 aromatic rings. The van der Waals surface area contributed by atoms with Crippen molar-refractivity contribution in [2.24, 2.45) is 5.92 Å². The van der Waals surface area contributed by atoms with Gasteiger partial charge in [-0.1, -0.05) is 0 Å². The molecule has 2 rings (SSSR count). The summed E-state index contributed by atoms with van der Waals surface area (Å²) in [6, 6.07) is 0. The van der Waals surface area contributed by atoms with Crippen molar-refractivity contribution in [1.82, 2.24) is 10.2 Å². The summed E-state index contributed by atoms with van der Waals surface area (Å²) < 4.78 is 5.19. The maximum absolute atomic E-state index is 11.7. The Kier molecular flexibility index (Phi) is 4.15. The van der Waals surface area contributed by atoms with Crippen LogP contribution >= 0.6 is 0 Å². The summed E-state index contributed by atoms with van der Waals surface area (Å²) in [5.74, 6) is 0.704. The molecule has 1 saturated heterocycles. The van der Waals surface area contributed by atoms with Crippen LogP contribution in [0.2, 0.25) is 0 Å². The highest BCUT2D eigenvalue weighted by molar-refractivity contribution is 5.78. The Balaban J connectivity index is 1.56. The van der Waals surface area contributed by atoms with Crippen molar-refractivity contribution in [3.63, 3.8) is 0 Å². The highest BCUT2D eigenvalue weighted by Gasteiger charge is 2.26. The summed E-state index contributed by atoms with van der Waals surface area (Å²) in [6.07, 6.45) is 1.64. The van der Waals surface area contributed by atoms with Crippen LogP contribution in [0.25, 0.3) is 0 Å². The minimum atomic E-state index is -0.109. The summed E-state index contributed by atoms with van der Waals surface area (Å²) >= 11 is 0. The Morgan fingerprint density at radius 2 is 2.06 bits per heavy atom. The normalized spacial score (nSPS) is 29.9. The number of nitrogens with one attached hydrogen (secondary N) is 1. The minimum absolute atomic E-state index is 0.109. The lowest BCUT2D eigenvalue weighted by atomic mass is 9.82. The second-order valence-corrected chi connectivity index (χ2v) is 4.62. The maximum Gasteiger partial charge on any atom is 0.236 e. The first-order chi connectivity index (χ1) is 7.75. The largest absolute Gasteiger partial charge is 0.393 e. The van der Waals surface area contributed by atoms with E-state index in [2.05, 4.69) is 5.32 Å². The van der Waals surface area contributed by atoms with Crippen molar-refractivity contribution >= 4 is 5.91 Å². The van der Waals surface area contributed by atoms with Gasteiger partial charge in [0.1, 0.15) is 0 Å². The molecule has 0 radical (unpaired) electrons. The molecule has 2 aliphatic rings. The second kappa shape index (κ2) is 5.61. The van der Waals surface area contributed by atoms with E-state index in [1.165, 1.54) is 0 Å². The van der Waals surface area contributed by atoms with Crippen LogP contribution in [0, 0.1) is 5.92 Å². The molecule has 0 unspecified atom stereocenters. The Morgan fingerprint density at radius 1 is 1.38 bits per heavy atom. The van der Waals surface area contributed by atoms with Crippen molar-refractivity contribution in [3.05, 3.63) is 0 Å². The van der Waals surface area contributed by atoms with Crippen LogP contribution in [0.1, 0.15) is 12.8 Å². The predicted molar refractivity (Wildman–Crippen MR) is 59.0 cm³/mol. The third-order valence-electron chi connectivity index (χ3n) is 3.28. The average Bonchev–Trinajstić information content (AvgIpc) is 2.27.